The number of hydrogen-bond donors (Lipinski definition) is 1. The van der Waals surface area contributed by atoms with Crippen LogP contribution in [0.1, 0.15) is 73.6 Å². The predicted molar refractivity (Wildman–Crippen MR) is 95.6 cm³/mol. The van der Waals surface area contributed by atoms with Crippen molar-refractivity contribution in [2.75, 3.05) is 11.9 Å². The van der Waals surface area contributed by atoms with Crippen LogP contribution in [0.3, 0.4) is 0 Å². The van der Waals surface area contributed by atoms with Crippen LogP contribution in [0.5, 0.6) is 0 Å². The minimum atomic E-state index is 0.838. The van der Waals surface area contributed by atoms with E-state index in [4.69, 9.17) is 0 Å². The highest BCUT2D eigenvalue weighted by Gasteiger charge is 2.06. The number of benzene rings is 1. The van der Waals surface area contributed by atoms with Crippen molar-refractivity contribution in [2.45, 2.75) is 73.6 Å². The van der Waals surface area contributed by atoms with E-state index < -0.39 is 0 Å². The summed E-state index contributed by atoms with van der Waals surface area (Å²) in [6.07, 6.45) is 6.68. The maximum atomic E-state index is 3.54. The van der Waals surface area contributed by atoms with Crippen molar-refractivity contribution < 1.29 is 0 Å². The SMILES string of the molecule is CC.CC.CCCCC(CCC)CNc1ccccc1. The van der Waals surface area contributed by atoms with Crippen molar-refractivity contribution in [3.8, 4) is 0 Å². The van der Waals surface area contributed by atoms with Gasteiger partial charge in [-0.1, -0.05) is 79.0 Å². The lowest BCUT2D eigenvalue weighted by Crippen LogP contribution is -2.14. The van der Waals surface area contributed by atoms with E-state index in [9.17, 15) is 0 Å². The molecule has 0 spiro atoms. The summed E-state index contributed by atoms with van der Waals surface area (Å²) in [5.74, 6) is 0.838. The van der Waals surface area contributed by atoms with Gasteiger partial charge in [-0.05, 0) is 30.9 Å². The summed E-state index contributed by atoms with van der Waals surface area (Å²) in [5.41, 5.74) is 1.25. The van der Waals surface area contributed by atoms with Gasteiger partial charge in [0.25, 0.3) is 0 Å². The Labute approximate surface area is 128 Å². The Kier molecular flexibility index (Phi) is 19.2. The Morgan fingerprint density at radius 2 is 1.45 bits per heavy atom. The average Bonchev–Trinajstić information content (AvgIpc) is 2.55. The highest BCUT2D eigenvalue weighted by atomic mass is 14.9. The van der Waals surface area contributed by atoms with Gasteiger partial charge in [0.1, 0.15) is 0 Å². The van der Waals surface area contributed by atoms with Crippen molar-refractivity contribution in [2.24, 2.45) is 5.92 Å². The zero-order valence-electron chi connectivity index (χ0n) is 14.7. The zero-order valence-corrected chi connectivity index (χ0v) is 14.7. The summed E-state index contributed by atoms with van der Waals surface area (Å²) < 4.78 is 0. The van der Waals surface area contributed by atoms with Crippen LogP contribution in [0.15, 0.2) is 30.3 Å². The van der Waals surface area contributed by atoms with E-state index in [1.165, 1.54) is 37.8 Å². The molecular weight excluding hydrogens is 242 g/mol. The molecule has 0 heterocycles. The monoisotopic (exact) mass is 279 g/mol. The van der Waals surface area contributed by atoms with Crippen LogP contribution in [0.2, 0.25) is 0 Å². The topological polar surface area (TPSA) is 12.0 Å². The molecule has 0 amide bonds. The van der Waals surface area contributed by atoms with E-state index in [2.05, 4.69) is 49.5 Å². The van der Waals surface area contributed by atoms with Gasteiger partial charge in [0.15, 0.2) is 0 Å². The van der Waals surface area contributed by atoms with Crippen molar-refractivity contribution in [1.29, 1.82) is 0 Å². The fraction of sp³-hybridized carbons (Fsp3) is 0.684. The quantitative estimate of drug-likeness (QED) is 0.554. The van der Waals surface area contributed by atoms with Crippen molar-refractivity contribution >= 4 is 5.69 Å². The fourth-order valence-corrected chi connectivity index (χ4v) is 2.07. The maximum Gasteiger partial charge on any atom is 0.0340 e. The van der Waals surface area contributed by atoms with Crippen molar-refractivity contribution in [3.05, 3.63) is 30.3 Å². The molecule has 0 fully saturated rings. The van der Waals surface area contributed by atoms with Crippen molar-refractivity contribution in [3.63, 3.8) is 0 Å². The molecule has 1 atom stereocenters. The van der Waals surface area contributed by atoms with Gasteiger partial charge in [-0.25, -0.2) is 0 Å². The molecule has 20 heavy (non-hydrogen) atoms. The summed E-state index contributed by atoms with van der Waals surface area (Å²) in [4.78, 5) is 0. The van der Waals surface area contributed by atoms with Gasteiger partial charge in [-0.2, -0.15) is 0 Å². The molecule has 118 valence electrons. The normalized spacial score (nSPS) is 10.5. The Hall–Kier alpha value is -0.980. The molecule has 1 unspecified atom stereocenters. The maximum absolute atomic E-state index is 3.54. The number of hydrogen-bond acceptors (Lipinski definition) is 1. The number of rotatable bonds is 8. The Morgan fingerprint density at radius 3 is 1.95 bits per heavy atom. The van der Waals surface area contributed by atoms with E-state index in [1.54, 1.807) is 0 Å². The molecule has 0 aliphatic rings. The first kappa shape index (κ1) is 21.3. The molecular formula is C19H37N. The summed E-state index contributed by atoms with van der Waals surface area (Å²) in [7, 11) is 0. The first-order valence-electron chi connectivity index (χ1n) is 8.65. The van der Waals surface area contributed by atoms with Gasteiger partial charge in [0.05, 0.1) is 0 Å². The van der Waals surface area contributed by atoms with E-state index in [0.717, 1.165) is 12.5 Å². The van der Waals surface area contributed by atoms with Crippen LogP contribution in [0.4, 0.5) is 5.69 Å². The van der Waals surface area contributed by atoms with Gasteiger partial charge in [-0.3, -0.25) is 0 Å². The molecule has 0 aliphatic heterocycles. The molecule has 1 rings (SSSR count). The Morgan fingerprint density at radius 1 is 0.850 bits per heavy atom. The third-order valence-corrected chi connectivity index (χ3v) is 3.03. The second-order valence-electron chi connectivity index (χ2n) is 4.54. The van der Waals surface area contributed by atoms with Crippen LogP contribution >= 0.6 is 0 Å². The lowest BCUT2D eigenvalue weighted by molar-refractivity contribution is 0.449. The minimum absolute atomic E-state index is 0.838. The highest BCUT2D eigenvalue weighted by Crippen LogP contribution is 2.16. The van der Waals surface area contributed by atoms with Gasteiger partial charge >= 0.3 is 0 Å². The molecule has 0 saturated heterocycles. The van der Waals surface area contributed by atoms with Gasteiger partial charge in [0, 0.05) is 12.2 Å². The second-order valence-corrected chi connectivity index (χ2v) is 4.54. The minimum Gasteiger partial charge on any atom is -0.385 e. The lowest BCUT2D eigenvalue weighted by Gasteiger charge is -2.17. The van der Waals surface area contributed by atoms with Crippen LogP contribution in [0.25, 0.3) is 0 Å². The number of nitrogens with one attached hydrogen (secondary N) is 1. The predicted octanol–water partition coefficient (Wildman–Crippen LogP) is 6.76. The molecule has 1 aromatic carbocycles. The summed E-state index contributed by atoms with van der Waals surface area (Å²) in [6.45, 7) is 13.7. The van der Waals surface area contributed by atoms with Crippen molar-refractivity contribution in [1.82, 2.24) is 0 Å². The number of anilines is 1. The summed E-state index contributed by atoms with van der Waals surface area (Å²) in [6, 6.07) is 10.5. The van der Waals surface area contributed by atoms with Crippen LogP contribution in [0, 0.1) is 5.92 Å². The Balaban J connectivity index is 0. The molecule has 0 saturated carbocycles. The second kappa shape index (κ2) is 18.0. The van der Waals surface area contributed by atoms with E-state index in [0.29, 0.717) is 0 Å². The third-order valence-electron chi connectivity index (χ3n) is 3.03. The first-order chi connectivity index (χ1) is 9.86. The smallest absolute Gasteiger partial charge is 0.0340 e. The van der Waals surface area contributed by atoms with Crippen LogP contribution in [-0.2, 0) is 0 Å². The number of para-hydroxylation sites is 1. The first-order valence-corrected chi connectivity index (χ1v) is 8.65. The van der Waals surface area contributed by atoms with Gasteiger partial charge in [0.2, 0.25) is 0 Å². The molecule has 0 aliphatic carbocycles. The molecule has 1 aromatic rings. The molecule has 0 bridgehead atoms. The van der Waals surface area contributed by atoms with E-state index >= 15 is 0 Å². The number of unbranched alkanes of at least 4 members (excludes halogenated alkanes) is 1. The van der Waals surface area contributed by atoms with E-state index in [1.807, 2.05) is 27.7 Å². The molecule has 0 aromatic heterocycles. The van der Waals surface area contributed by atoms with Gasteiger partial charge in [-0.15, -0.1) is 0 Å². The Bertz CT molecular complexity index is 256. The van der Waals surface area contributed by atoms with Gasteiger partial charge < -0.3 is 5.32 Å². The van der Waals surface area contributed by atoms with E-state index in [-0.39, 0.29) is 0 Å². The molecule has 1 heteroatoms. The standard InChI is InChI=1S/C15H25N.2C2H6/c1-3-5-10-14(9-4-2)13-16-15-11-7-6-8-12-15;2*1-2/h6-8,11-12,14,16H,3-5,9-10,13H2,1-2H3;2*1-2H3. The molecule has 1 N–H and O–H groups in total. The summed E-state index contributed by atoms with van der Waals surface area (Å²) >= 11 is 0. The highest BCUT2D eigenvalue weighted by molar-refractivity contribution is 5.42. The fourth-order valence-electron chi connectivity index (χ4n) is 2.07. The van der Waals surface area contributed by atoms with Crippen LogP contribution in [-0.4, -0.2) is 6.54 Å². The zero-order chi connectivity index (χ0) is 15.6. The molecule has 0 radical (unpaired) electrons. The van der Waals surface area contributed by atoms with Crippen LogP contribution < -0.4 is 5.32 Å². The largest absolute Gasteiger partial charge is 0.385 e. The molecule has 1 nitrogen and oxygen atoms in total. The third kappa shape index (κ3) is 12.1. The lowest BCUT2D eigenvalue weighted by atomic mass is 9.97. The average molecular weight is 280 g/mol. The summed E-state index contributed by atoms with van der Waals surface area (Å²) in [5, 5.41) is 3.54.